The van der Waals surface area contributed by atoms with E-state index in [2.05, 4.69) is 18.3 Å². The number of hydrogen-bond acceptors (Lipinski definition) is 2. The molecule has 0 aromatic rings. The van der Waals surface area contributed by atoms with Crippen molar-refractivity contribution in [1.29, 1.82) is 0 Å². The summed E-state index contributed by atoms with van der Waals surface area (Å²) in [6.45, 7) is 4.80. The number of nitrogens with one attached hydrogen (secondary N) is 1. The third-order valence-electron chi connectivity index (χ3n) is 3.84. The smallest absolute Gasteiger partial charge is 0.239 e. The van der Waals surface area contributed by atoms with E-state index >= 15 is 0 Å². The number of amides is 1. The van der Waals surface area contributed by atoms with E-state index in [0.717, 1.165) is 32.5 Å². The fourth-order valence-corrected chi connectivity index (χ4v) is 2.81. The Morgan fingerprint density at radius 2 is 2.35 bits per heavy atom. The molecule has 0 aromatic heterocycles. The van der Waals surface area contributed by atoms with Crippen LogP contribution in [-0.2, 0) is 4.79 Å². The Balaban J connectivity index is 1.76. The van der Waals surface area contributed by atoms with Gasteiger partial charge >= 0.3 is 0 Å². The summed E-state index contributed by atoms with van der Waals surface area (Å²) in [6.07, 6.45) is 9.61. The second kappa shape index (κ2) is 6.20. The molecule has 0 saturated carbocycles. The predicted octanol–water partition coefficient (Wildman–Crippen LogP) is 2.09. The monoisotopic (exact) mass is 236 g/mol. The third-order valence-corrected chi connectivity index (χ3v) is 3.84. The van der Waals surface area contributed by atoms with Crippen LogP contribution in [0.3, 0.4) is 0 Å². The van der Waals surface area contributed by atoms with Gasteiger partial charge in [-0.3, -0.25) is 4.79 Å². The molecule has 3 nitrogen and oxygen atoms in total. The minimum Gasteiger partial charge on any atom is -0.341 e. The summed E-state index contributed by atoms with van der Waals surface area (Å²) < 4.78 is 0. The van der Waals surface area contributed by atoms with Gasteiger partial charge in [-0.2, -0.15) is 0 Å². The minimum atomic E-state index is 0.0836. The van der Waals surface area contributed by atoms with Gasteiger partial charge in [-0.05, 0) is 45.1 Å². The number of hydrogen-bond donors (Lipinski definition) is 1. The van der Waals surface area contributed by atoms with Gasteiger partial charge in [0.15, 0.2) is 0 Å². The zero-order valence-electron chi connectivity index (χ0n) is 10.9. The molecule has 1 heterocycles. The predicted molar refractivity (Wildman–Crippen MR) is 69.8 cm³/mol. The van der Waals surface area contributed by atoms with E-state index in [1.807, 2.05) is 4.90 Å². The minimum absolute atomic E-state index is 0.0836. The van der Waals surface area contributed by atoms with Gasteiger partial charge in [0.05, 0.1) is 6.04 Å². The number of nitrogens with zero attached hydrogens (tertiary/aromatic N) is 1. The summed E-state index contributed by atoms with van der Waals surface area (Å²) in [5.74, 6) is 0.309. The summed E-state index contributed by atoms with van der Waals surface area (Å²) in [5.41, 5.74) is 1.57. The Labute approximate surface area is 104 Å². The molecule has 0 spiro atoms. The van der Waals surface area contributed by atoms with Gasteiger partial charge in [0.1, 0.15) is 0 Å². The summed E-state index contributed by atoms with van der Waals surface area (Å²) in [4.78, 5) is 14.0. The first-order valence-corrected chi connectivity index (χ1v) is 7.01. The number of likely N-dealkylation sites (N-methyl/N-ethyl adjacent to an activating group) is 1. The lowest BCUT2D eigenvalue weighted by Crippen LogP contribution is -2.38. The molecule has 2 aliphatic rings. The van der Waals surface area contributed by atoms with Crippen molar-refractivity contribution in [2.24, 2.45) is 0 Å². The molecular formula is C14H24N2O. The zero-order valence-corrected chi connectivity index (χ0v) is 10.9. The molecule has 1 N–H and O–H groups in total. The Bertz CT molecular complexity index is 299. The van der Waals surface area contributed by atoms with Crippen LogP contribution < -0.4 is 5.32 Å². The highest BCUT2D eigenvalue weighted by atomic mass is 16.2. The number of allylic oxidation sites excluding steroid dienone is 1. The number of carbonyl (C=O) groups excluding carboxylic acids is 1. The Morgan fingerprint density at radius 1 is 1.47 bits per heavy atom. The topological polar surface area (TPSA) is 32.3 Å². The van der Waals surface area contributed by atoms with Crippen LogP contribution >= 0.6 is 0 Å². The quantitative estimate of drug-likeness (QED) is 0.741. The van der Waals surface area contributed by atoms with Gasteiger partial charge in [-0.1, -0.05) is 18.6 Å². The fraction of sp³-hybridized carbons (Fsp3) is 0.786. The van der Waals surface area contributed by atoms with Crippen LogP contribution in [0.25, 0.3) is 0 Å². The van der Waals surface area contributed by atoms with E-state index in [1.165, 1.54) is 25.7 Å². The average molecular weight is 236 g/mol. The first-order chi connectivity index (χ1) is 8.31. The van der Waals surface area contributed by atoms with Crippen LogP contribution in [0.5, 0.6) is 0 Å². The maximum atomic E-state index is 12.0. The summed E-state index contributed by atoms with van der Waals surface area (Å²) in [7, 11) is 0. The Hall–Kier alpha value is -0.830. The molecule has 1 amide bonds. The Morgan fingerprint density at radius 3 is 3.06 bits per heavy atom. The SMILES string of the molecule is CCNC1CCN(CCC2=CCCCC2)C1=O. The molecule has 1 aliphatic heterocycles. The van der Waals surface area contributed by atoms with Crippen molar-refractivity contribution in [3.05, 3.63) is 11.6 Å². The second-order valence-electron chi connectivity index (χ2n) is 5.08. The van der Waals surface area contributed by atoms with E-state index in [9.17, 15) is 4.79 Å². The van der Waals surface area contributed by atoms with Gasteiger partial charge in [0.2, 0.25) is 5.91 Å². The molecule has 0 radical (unpaired) electrons. The first kappa shape index (κ1) is 12.6. The largest absolute Gasteiger partial charge is 0.341 e. The van der Waals surface area contributed by atoms with Crippen molar-refractivity contribution in [3.8, 4) is 0 Å². The van der Waals surface area contributed by atoms with E-state index in [-0.39, 0.29) is 6.04 Å². The van der Waals surface area contributed by atoms with Crippen molar-refractivity contribution in [2.45, 2.75) is 51.5 Å². The second-order valence-corrected chi connectivity index (χ2v) is 5.08. The van der Waals surface area contributed by atoms with E-state index in [1.54, 1.807) is 5.57 Å². The number of carbonyl (C=O) groups is 1. The maximum absolute atomic E-state index is 12.0. The molecule has 1 saturated heterocycles. The molecule has 1 fully saturated rings. The van der Waals surface area contributed by atoms with Crippen molar-refractivity contribution >= 4 is 5.91 Å². The maximum Gasteiger partial charge on any atom is 0.239 e. The van der Waals surface area contributed by atoms with Crippen LogP contribution in [0.2, 0.25) is 0 Å². The van der Waals surface area contributed by atoms with E-state index < -0.39 is 0 Å². The zero-order chi connectivity index (χ0) is 12.1. The Kier molecular flexibility index (Phi) is 4.60. The molecule has 1 aliphatic carbocycles. The van der Waals surface area contributed by atoms with Gasteiger partial charge in [0, 0.05) is 13.1 Å². The molecule has 1 atom stereocenters. The third kappa shape index (κ3) is 3.32. The molecule has 17 heavy (non-hydrogen) atoms. The van der Waals surface area contributed by atoms with Crippen LogP contribution in [0.4, 0.5) is 0 Å². The summed E-state index contributed by atoms with van der Waals surface area (Å²) in [6, 6.07) is 0.0836. The molecule has 3 heteroatoms. The summed E-state index contributed by atoms with van der Waals surface area (Å²) in [5, 5.41) is 3.26. The van der Waals surface area contributed by atoms with E-state index in [4.69, 9.17) is 0 Å². The lowest BCUT2D eigenvalue weighted by Gasteiger charge is -2.19. The molecule has 1 unspecified atom stereocenters. The van der Waals surface area contributed by atoms with Gasteiger partial charge in [-0.25, -0.2) is 0 Å². The number of rotatable bonds is 5. The van der Waals surface area contributed by atoms with Gasteiger partial charge in [-0.15, -0.1) is 0 Å². The van der Waals surface area contributed by atoms with Crippen molar-refractivity contribution in [3.63, 3.8) is 0 Å². The summed E-state index contributed by atoms with van der Waals surface area (Å²) >= 11 is 0. The molecule has 0 bridgehead atoms. The van der Waals surface area contributed by atoms with Crippen molar-refractivity contribution in [1.82, 2.24) is 10.2 Å². The van der Waals surface area contributed by atoms with Crippen LogP contribution in [0.15, 0.2) is 11.6 Å². The molecule has 0 aromatic carbocycles. The normalized spacial score (nSPS) is 25.2. The standard InChI is InChI=1S/C14H24N2O/c1-2-15-13-9-11-16(14(13)17)10-8-12-6-4-3-5-7-12/h6,13,15H,2-5,7-11H2,1H3. The van der Waals surface area contributed by atoms with Crippen molar-refractivity contribution in [2.75, 3.05) is 19.6 Å². The number of likely N-dealkylation sites (tertiary alicyclic amines) is 1. The van der Waals surface area contributed by atoms with Crippen LogP contribution in [-0.4, -0.2) is 36.5 Å². The highest BCUT2D eigenvalue weighted by Crippen LogP contribution is 2.21. The van der Waals surface area contributed by atoms with Gasteiger partial charge < -0.3 is 10.2 Å². The van der Waals surface area contributed by atoms with Crippen molar-refractivity contribution < 1.29 is 4.79 Å². The first-order valence-electron chi connectivity index (χ1n) is 7.01. The lowest BCUT2D eigenvalue weighted by molar-refractivity contribution is -0.129. The average Bonchev–Trinajstić information content (AvgIpc) is 2.70. The fourth-order valence-electron chi connectivity index (χ4n) is 2.81. The molecule has 96 valence electrons. The molecular weight excluding hydrogens is 212 g/mol. The van der Waals surface area contributed by atoms with Crippen LogP contribution in [0, 0.1) is 0 Å². The van der Waals surface area contributed by atoms with Crippen LogP contribution in [0.1, 0.15) is 45.4 Å². The highest BCUT2D eigenvalue weighted by molar-refractivity contribution is 5.83. The van der Waals surface area contributed by atoms with Gasteiger partial charge in [0.25, 0.3) is 0 Å². The lowest BCUT2D eigenvalue weighted by atomic mass is 9.97. The highest BCUT2D eigenvalue weighted by Gasteiger charge is 2.30. The molecule has 2 rings (SSSR count). The van der Waals surface area contributed by atoms with E-state index in [0.29, 0.717) is 5.91 Å².